The zero-order valence-electron chi connectivity index (χ0n) is 11.5. The lowest BCUT2D eigenvalue weighted by Gasteiger charge is -2.28. The molecule has 1 aliphatic heterocycles. The summed E-state index contributed by atoms with van der Waals surface area (Å²) in [7, 11) is 0. The first kappa shape index (κ1) is 16.3. The number of carbonyl (C=O) groups is 1. The summed E-state index contributed by atoms with van der Waals surface area (Å²) >= 11 is 0. The lowest BCUT2D eigenvalue weighted by Crippen LogP contribution is -2.47. The number of amides is 1. The van der Waals surface area contributed by atoms with Crippen LogP contribution in [0.2, 0.25) is 0 Å². The third kappa shape index (κ3) is 5.01. The number of rotatable bonds is 4. The molecule has 0 spiro atoms. The van der Waals surface area contributed by atoms with Crippen molar-refractivity contribution in [3.05, 3.63) is 0 Å². The van der Waals surface area contributed by atoms with Gasteiger partial charge in [-0.15, -0.1) is 0 Å². The normalized spacial score (nSPS) is 26.6. The van der Waals surface area contributed by atoms with Crippen molar-refractivity contribution < 1.29 is 18.0 Å². The van der Waals surface area contributed by atoms with Gasteiger partial charge in [0.25, 0.3) is 0 Å². The zero-order valence-corrected chi connectivity index (χ0v) is 11.5. The van der Waals surface area contributed by atoms with Crippen molar-refractivity contribution in [3.63, 3.8) is 0 Å². The molecule has 0 aromatic carbocycles. The van der Waals surface area contributed by atoms with Gasteiger partial charge in [-0.05, 0) is 32.4 Å². The smallest absolute Gasteiger partial charge is 0.352 e. The molecule has 1 saturated heterocycles. The summed E-state index contributed by atoms with van der Waals surface area (Å²) in [6.07, 6.45) is -2.35. The van der Waals surface area contributed by atoms with Gasteiger partial charge in [0, 0.05) is 12.0 Å². The van der Waals surface area contributed by atoms with Gasteiger partial charge in [-0.2, -0.15) is 13.2 Å². The average molecular weight is 280 g/mol. The van der Waals surface area contributed by atoms with Crippen molar-refractivity contribution in [2.75, 3.05) is 13.1 Å². The van der Waals surface area contributed by atoms with Crippen LogP contribution in [0.15, 0.2) is 0 Å². The highest BCUT2D eigenvalue weighted by Gasteiger charge is 2.45. The summed E-state index contributed by atoms with van der Waals surface area (Å²) in [5.41, 5.74) is 0. The Hall–Kier alpha value is -0.780. The van der Waals surface area contributed by atoms with E-state index in [9.17, 15) is 18.0 Å². The lowest BCUT2D eigenvalue weighted by molar-refractivity contribution is -0.183. The third-order valence-corrected chi connectivity index (χ3v) is 3.67. The standard InChI is InChI=1S/C13H23F3N2O/c1-3-4-9(2)12(19)18-11-6-8-17-7-5-10(11)13(14,15)16/h9-11,17H,3-8H2,1-2H3,(H,18,19). The van der Waals surface area contributed by atoms with Crippen LogP contribution in [0.5, 0.6) is 0 Å². The maximum Gasteiger partial charge on any atom is 0.393 e. The molecule has 3 nitrogen and oxygen atoms in total. The quantitative estimate of drug-likeness (QED) is 0.830. The van der Waals surface area contributed by atoms with E-state index in [1.54, 1.807) is 6.92 Å². The van der Waals surface area contributed by atoms with E-state index < -0.39 is 18.1 Å². The zero-order chi connectivity index (χ0) is 14.5. The molecule has 1 rings (SSSR count). The number of hydrogen-bond donors (Lipinski definition) is 2. The monoisotopic (exact) mass is 280 g/mol. The molecule has 6 heteroatoms. The Bertz CT molecular complexity index is 294. The van der Waals surface area contributed by atoms with E-state index in [2.05, 4.69) is 10.6 Å². The first-order chi connectivity index (χ1) is 8.86. The Balaban J connectivity index is 2.67. The predicted octanol–water partition coefficient (Wildman–Crippen LogP) is 2.47. The van der Waals surface area contributed by atoms with Gasteiger partial charge >= 0.3 is 6.18 Å². The van der Waals surface area contributed by atoms with E-state index in [4.69, 9.17) is 0 Å². The first-order valence-electron chi connectivity index (χ1n) is 6.94. The summed E-state index contributed by atoms with van der Waals surface area (Å²) < 4.78 is 39.0. The molecule has 1 heterocycles. The summed E-state index contributed by atoms with van der Waals surface area (Å²) in [5, 5.41) is 5.56. The minimum absolute atomic E-state index is 0.0244. The van der Waals surface area contributed by atoms with Crippen LogP contribution in [-0.2, 0) is 4.79 Å². The van der Waals surface area contributed by atoms with Gasteiger partial charge in [0.1, 0.15) is 0 Å². The molecule has 0 radical (unpaired) electrons. The molecule has 3 unspecified atom stereocenters. The summed E-state index contributed by atoms with van der Waals surface area (Å²) in [4.78, 5) is 11.9. The van der Waals surface area contributed by atoms with Crippen molar-refractivity contribution in [1.29, 1.82) is 0 Å². The Morgan fingerprint density at radius 3 is 2.58 bits per heavy atom. The largest absolute Gasteiger partial charge is 0.393 e. The summed E-state index contributed by atoms with van der Waals surface area (Å²) in [5.74, 6) is -1.93. The molecule has 112 valence electrons. The van der Waals surface area contributed by atoms with Crippen LogP contribution in [0.25, 0.3) is 0 Å². The molecule has 1 aliphatic rings. The van der Waals surface area contributed by atoms with Crippen LogP contribution in [0.3, 0.4) is 0 Å². The van der Waals surface area contributed by atoms with Gasteiger partial charge in [-0.25, -0.2) is 0 Å². The molecule has 0 bridgehead atoms. The number of hydrogen-bond acceptors (Lipinski definition) is 2. The molecule has 0 saturated carbocycles. The minimum Gasteiger partial charge on any atom is -0.352 e. The van der Waals surface area contributed by atoms with Crippen LogP contribution in [0, 0.1) is 11.8 Å². The van der Waals surface area contributed by atoms with Crippen molar-refractivity contribution in [2.45, 2.75) is 51.7 Å². The van der Waals surface area contributed by atoms with Crippen molar-refractivity contribution in [1.82, 2.24) is 10.6 Å². The second kappa shape index (κ2) is 7.12. The van der Waals surface area contributed by atoms with Crippen molar-refractivity contribution in [3.8, 4) is 0 Å². The molecule has 0 aliphatic carbocycles. The Morgan fingerprint density at radius 1 is 1.37 bits per heavy atom. The molecule has 2 N–H and O–H groups in total. The van der Waals surface area contributed by atoms with E-state index in [1.165, 1.54) is 0 Å². The van der Waals surface area contributed by atoms with E-state index in [-0.39, 0.29) is 18.2 Å². The number of carbonyl (C=O) groups excluding carboxylic acids is 1. The van der Waals surface area contributed by atoms with Crippen LogP contribution < -0.4 is 10.6 Å². The number of halogens is 3. The maximum absolute atomic E-state index is 13.0. The van der Waals surface area contributed by atoms with Gasteiger partial charge in [-0.3, -0.25) is 4.79 Å². The fourth-order valence-corrected chi connectivity index (χ4v) is 2.50. The van der Waals surface area contributed by atoms with Gasteiger partial charge in [0.15, 0.2) is 0 Å². The summed E-state index contributed by atoms with van der Waals surface area (Å²) in [6.45, 7) is 4.58. The van der Waals surface area contributed by atoms with Crippen LogP contribution in [0.4, 0.5) is 13.2 Å². The molecule has 3 atom stereocenters. The van der Waals surface area contributed by atoms with Gasteiger partial charge in [-0.1, -0.05) is 20.3 Å². The SMILES string of the molecule is CCCC(C)C(=O)NC1CCNCCC1C(F)(F)F. The third-order valence-electron chi connectivity index (χ3n) is 3.67. The van der Waals surface area contributed by atoms with Crippen molar-refractivity contribution >= 4 is 5.91 Å². The van der Waals surface area contributed by atoms with Crippen LogP contribution in [0.1, 0.15) is 39.5 Å². The lowest BCUT2D eigenvalue weighted by atomic mass is 9.93. The average Bonchev–Trinajstić information content (AvgIpc) is 2.54. The van der Waals surface area contributed by atoms with Gasteiger partial charge < -0.3 is 10.6 Å². The van der Waals surface area contributed by atoms with Crippen LogP contribution >= 0.6 is 0 Å². The molecule has 19 heavy (non-hydrogen) atoms. The minimum atomic E-state index is -4.25. The van der Waals surface area contributed by atoms with Gasteiger partial charge in [0.05, 0.1) is 5.92 Å². The highest BCUT2D eigenvalue weighted by atomic mass is 19.4. The van der Waals surface area contributed by atoms with E-state index in [0.717, 1.165) is 6.42 Å². The number of alkyl halides is 3. The molecular formula is C13H23F3N2O. The molecule has 0 aromatic heterocycles. The Labute approximate surface area is 112 Å². The topological polar surface area (TPSA) is 41.1 Å². The highest BCUT2D eigenvalue weighted by molar-refractivity contribution is 5.78. The maximum atomic E-state index is 13.0. The molecule has 1 amide bonds. The highest BCUT2D eigenvalue weighted by Crippen LogP contribution is 2.33. The van der Waals surface area contributed by atoms with Crippen LogP contribution in [-0.4, -0.2) is 31.2 Å². The molecule has 0 aromatic rings. The van der Waals surface area contributed by atoms with E-state index >= 15 is 0 Å². The van der Waals surface area contributed by atoms with E-state index in [0.29, 0.717) is 25.9 Å². The fraction of sp³-hybridized carbons (Fsp3) is 0.923. The molecule has 1 fully saturated rings. The molecular weight excluding hydrogens is 257 g/mol. The van der Waals surface area contributed by atoms with Gasteiger partial charge in [0.2, 0.25) is 5.91 Å². The second-order valence-corrected chi connectivity index (χ2v) is 5.28. The van der Waals surface area contributed by atoms with Crippen molar-refractivity contribution in [2.24, 2.45) is 11.8 Å². The predicted molar refractivity (Wildman–Crippen MR) is 67.7 cm³/mol. The Morgan fingerprint density at radius 2 is 2.00 bits per heavy atom. The Kier molecular flexibility index (Phi) is 6.10. The first-order valence-corrected chi connectivity index (χ1v) is 6.94. The number of nitrogens with one attached hydrogen (secondary N) is 2. The summed E-state index contributed by atoms with van der Waals surface area (Å²) in [6, 6.07) is -0.804. The van der Waals surface area contributed by atoms with E-state index in [1.807, 2.05) is 6.92 Å². The second-order valence-electron chi connectivity index (χ2n) is 5.28. The fourth-order valence-electron chi connectivity index (χ4n) is 2.50.